The lowest BCUT2D eigenvalue weighted by atomic mass is 10.0. The average Bonchev–Trinajstić information content (AvgIpc) is 2.69. The molecule has 0 saturated carbocycles. The van der Waals surface area contributed by atoms with E-state index in [1.165, 1.54) is 6.07 Å². The number of hydrogen-bond acceptors (Lipinski definition) is 3. The van der Waals surface area contributed by atoms with E-state index in [-0.39, 0.29) is 12.0 Å². The van der Waals surface area contributed by atoms with Crippen molar-refractivity contribution in [3.8, 4) is 18.4 Å². The molecule has 0 aliphatic rings. The molecule has 94 valence electrons. The Labute approximate surface area is 107 Å². The van der Waals surface area contributed by atoms with E-state index in [2.05, 4.69) is 5.92 Å². The SMILES string of the molecule is C#CCC(OC(=O)c1cc(C#N)cn1C)C(C)C. The molecular formula is C14H16N2O2. The van der Waals surface area contributed by atoms with Crippen molar-refractivity contribution in [3.63, 3.8) is 0 Å². The van der Waals surface area contributed by atoms with Crippen LogP contribution in [0.25, 0.3) is 0 Å². The molecule has 1 atom stereocenters. The Morgan fingerprint density at radius 1 is 1.61 bits per heavy atom. The molecule has 1 heterocycles. The molecule has 0 amide bonds. The van der Waals surface area contributed by atoms with Crippen LogP contribution in [-0.4, -0.2) is 16.6 Å². The maximum absolute atomic E-state index is 12.0. The lowest BCUT2D eigenvalue weighted by molar-refractivity contribution is 0.0188. The predicted molar refractivity (Wildman–Crippen MR) is 67.6 cm³/mol. The van der Waals surface area contributed by atoms with Gasteiger partial charge in [0.15, 0.2) is 0 Å². The van der Waals surface area contributed by atoms with Crippen molar-refractivity contribution in [1.82, 2.24) is 4.57 Å². The smallest absolute Gasteiger partial charge is 0.355 e. The van der Waals surface area contributed by atoms with E-state index in [4.69, 9.17) is 16.4 Å². The van der Waals surface area contributed by atoms with E-state index >= 15 is 0 Å². The van der Waals surface area contributed by atoms with E-state index in [1.54, 1.807) is 17.8 Å². The molecule has 0 bridgehead atoms. The second-order valence-corrected chi connectivity index (χ2v) is 4.43. The maximum atomic E-state index is 12.0. The third-order valence-corrected chi connectivity index (χ3v) is 2.66. The van der Waals surface area contributed by atoms with Gasteiger partial charge in [-0.2, -0.15) is 5.26 Å². The van der Waals surface area contributed by atoms with Gasteiger partial charge in [-0.25, -0.2) is 4.79 Å². The molecule has 0 aliphatic carbocycles. The largest absolute Gasteiger partial charge is 0.456 e. The molecule has 0 fully saturated rings. The van der Waals surface area contributed by atoms with Crippen molar-refractivity contribution in [1.29, 1.82) is 5.26 Å². The van der Waals surface area contributed by atoms with Gasteiger partial charge in [0.1, 0.15) is 17.9 Å². The minimum atomic E-state index is -0.451. The average molecular weight is 244 g/mol. The van der Waals surface area contributed by atoms with Crippen LogP contribution >= 0.6 is 0 Å². The Bertz CT molecular complexity index is 515. The first-order valence-electron chi connectivity index (χ1n) is 5.70. The second-order valence-electron chi connectivity index (χ2n) is 4.43. The summed E-state index contributed by atoms with van der Waals surface area (Å²) in [4.78, 5) is 12.0. The minimum Gasteiger partial charge on any atom is -0.456 e. The van der Waals surface area contributed by atoms with Crippen LogP contribution in [0.3, 0.4) is 0 Å². The Hall–Kier alpha value is -2.20. The molecule has 4 heteroatoms. The summed E-state index contributed by atoms with van der Waals surface area (Å²) in [5.41, 5.74) is 0.789. The van der Waals surface area contributed by atoms with Crippen LogP contribution in [0, 0.1) is 29.6 Å². The van der Waals surface area contributed by atoms with Crippen molar-refractivity contribution in [2.45, 2.75) is 26.4 Å². The second kappa shape index (κ2) is 5.93. The summed E-state index contributed by atoms with van der Waals surface area (Å²) in [5, 5.41) is 8.77. The zero-order valence-corrected chi connectivity index (χ0v) is 10.8. The third kappa shape index (κ3) is 3.15. The van der Waals surface area contributed by atoms with Crippen molar-refractivity contribution >= 4 is 5.97 Å². The fourth-order valence-corrected chi connectivity index (χ4v) is 1.56. The lowest BCUT2D eigenvalue weighted by Gasteiger charge is -2.19. The van der Waals surface area contributed by atoms with Gasteiger partial charge in [-0.15, -0.1) is 12.3 Å². The van der Waals surface area contributed by atoms with Crippen LogP contribution < -0.4 is 0 Å². The Balaban J connectivity index is 2.84. The maximum Gasteiger partial charge on any atom is 0.355 e. The van der Waals surface area contributed by atoms with Crippen molar-refractivity contribution in [2.75, 3.05) is 0 Å². The van der Waals surface area contributed by atoms with Gasteiger partial charge in [0.25, 0.3) is 0 Å². The Morgan fingerprint density at radius 3 is 2.72 bits per heavy atom. The van der Waals surface area contributed by atoms with Crippen LogP contribution in [-0.2, 0) is 11.8 Å². The summed E-state index contributed by atoms with van der Waals surface area (Å²) >= 11 is 0. The molecule has 0 N–H and O–H groups in total. The summed E-state index contributed by atoms with van der Waals surface area (Å²) in [7, 11) is 1.70. The van der Waals surface area contributed by atoms with E-state index < -0.39 is 5.97 Å². The van der Waals surface area contributed by atoms with Gasteiger partial charge in [-0.05, 0) is 12.0 Å². The summed E-state index contributed by atoms with van der Waals surface area (Å²) in [6, 6.07) is 3.49. The fourth-order valence-electron chi connectivity index (χ4n) is 1.56. The van der Waals surface area contributed by atoms with Gasteiger partial charge in [-0.1, -0.05) is 13.8 Å². The quantitative estimate of drug-likeness (QED) is 0.602. The number of aryl methyl sites for hydroxylation is 1. The molecule has 4 nitrogen and oxygen atoms in total. The number of ether oxygens (including phenoxy) is 1. The van der Waals surface area contributed by atoms with E-state index in [9.17, 15) is 4.79 Å². The van der Waals surface area contributed by atoms with Crippen LogP contribution in [0.4, 0.5) is 0 Å². The number of esters is 1. The van der Waals surface area contributed by atoms with Gasteiger partial charge >= 0.3 is 5.97 Å². The Morgan fingerprint density at radius 2 is 2.28 bits per heavy atom. The van der Waals surface area contributed by atoms with Crippen LogP contribution in [0.1, 0.15) is 36.3 Å². The van der Waals surface area contributed by atoms with Crippen LogP contribution in [0.5, 0.6) is 0 Å². The topological polar surface area (TPSA) is 55.0 Å². The van der Waals surface area contributed by atoms with Gasteiger partial charge < -0.3 is 9.30 Å². The number of carbonyl (C=O) groups is 1. The number of carbonyl (C=O) groups excluding carboxylic acids is 1. The first kappa shape index (κ1) is 13.9. The minimum absolute atomic E-state index is 0.153. The van der Waals surface area contributed by atoms with Gasteiger partial charge in [0, 0.05) is 19.7 Å². The number of nitrogens with zero attached hydrogens (tertiary/aromatic N) is 2. The fraction of sp³-hybridized carbons (Fsp3) is 0.429. The predicted octanol–water partition coefficient (Wildman–Crippen LogP) is 2.10. The van der Waals surface area contributed by atoms with Gasteiger partial charge in [0.2, 0.25) is 0 Å². The van der Waals surface area contributed by atoms with Crippen LogP contribution in [0.2, 0.25) is 0 Å². The van der Waals surface area contributed by atoms with Crippen molar-refractivity contribution in [2.24, 2.45) is 13.0 Å². The molecule has 0 spiro atoms. The highest BCUT2D eigenvalue weighted by Crippen LogP contribution is 2.14. The van der Waals surface area contributed by atoms with Crippen LogP contribution in [0.15, 0.2) is 12.3 Å². The van der Waals surface area contributed by atoms with Gasteiger partial charge in [0.05, 0.1) is 5.56 Å². The van der Waals surface area contributed by atoms with E-state index in [1.807, 2.05) is 19.9 Å². The zero-order valence-electron chi connectivity index (χ0n) is 10.8. The highest BCUT2D eigenvalue weighted by atomic mass is 16.5. The molecule has 1 aromatic heterocycles. The molecule has 0 radical (unpaired) electrons. The van der Waals surface area contributed by atoms with Crippen molar-refractivity contribution < 1.29 is 9.53 Å². The molecule has 0 saturated heterocycles. The molecule has 0 aromatic carbocycles. The first-order valence-corrected chi connectivity index (χ1v) is 5.70. The molecular weight excluding hydrogens is 228 g/mol. The van der Waals surface area contributed by atoms with Gasteiger partial charge in [-0.3, -0.25) is 0 Å². The van der Waals surface area contributed by atoms with E-state index in [0.717, 1.165) is 0 Å². The number of hydrogen-bond donors (Lipinski definition) is 0. The summed E-state index contributed by atoms with van der Waals surface area (Å²) in [5.74, 6) is 2.20. The van der Waals surface area contributed by atoms with E-state index in [0.29, 0.717) is 17.7 Å². The summed E-state index contributed by atoms with van der Waals surface area (Å²) < 4.78 is 6.94. The monoisotopic (exact) mass is 244 g/mol. The lowest BCUT2D eigenvalue weighted by Crippen LogP contribution is -2.24. The summed E-state index contributed by atoms with van der Waals surface area (Å²) in [6.45, 7) is 3.89. The molecule has 0 aliphatic heterocycles. The Kier molecular flexibility index (Phi) is 4.57. The number of rotatable bonds is 4. The number of nitriles is 1. The molecule has 1 rings (SSSR count). The highest BCUT2D eigenvalue weighted by molar-refractivity contribution is 5.88. The number of terminal acetylenes is 1. The number of aromatic nitrogens is 1. The van der Waals surface area contributed by atoms with Crippen molar-refractivity contribution in [3.05, 3.63) is 23.5 Å². The summed E-state index contributed by atoms with van der Waals surface area (Å²) in [6.07, 6.45) is 6.92. The molecule has 1 aromatic rings. The third-order valence-electron chi connectivity index (χ3n) is 2.66. The molecule has 18 heavy (non-hydrogen) atoms. The molecule has 1 unspecified atom stereocenters. The standard InChI is InChI=1S/C14H16N2O2/c1-5-6-13(10(2)3)18-14(17)12-7-11(8-15)9-16(12)4/h1,7,9-10,13H,6H2,2-4H3. The first-order chi connectivity index (χ1) is 8.49. The normalized spacial score (nSPS) is 11.7. The zero-order chi connectivity index (χ0) is 13.7. The highest BCUT2D eigenvalue weighted by Gasteiger charge is 2.20.